The van der Waals surface area contributed by atoms with Crippen LogP contribution in [0.3, 0.4) is 0 Å². The second-order valence-corrected chi connectivity index (χ2v) is 5.82. The predicted molar refractivity (Wildman–Crippen MR) is 77.6 cm³/mol. The van der Waals surface area contributed by atoms with Gasteiger partial charge in [-0.2, -0.15) is 0 Å². The van der Waals surface area contributed by atoms with Crippen molar-refractivity contribution in [1.29, 1.82) is 0 Å². The second-order valence-electron chi connectivity index (χ2n) is 4.96. The molecule has 2 unspecified atom stereocenters. The average molecular weight is 267 g/mol. The molecule has 0 bridgehead atoms. The van der Waals surface area contributed by atoms with E-state index in [9.17, 15) is 0 Å². The maximum atomic E-state index is 5.87. The van der Waals surface area contributed by atoms with Crippen molar-refractivity contribution in [3.63, 3.8) is 0 Å². The third-order valence-corrected chi connectivity index (χ3v) is 4.40. The molecular formula is C14H22NO2P. The van der Waals surface area contributed by atoms with Gasteiger partial charge in [-0.25, -0.2) is 0 Å². The maximum absolute atomic E-state index is 5.87. The molecule has 1 saturated heterocycles. The monoisotopic (exact) mass is 267 g/mol. The number of ether oxygens (including phenoxy) is 2. The van der Waals surface area contributed by atoms with E-state index < -0.39 is 0 Å². The van der Waals surface area contributed by atoms with E-state index in [-0.39, 0.29) is 0 Å². The smallest absolute Gasteiger partial charge is 0.119 e. The zero-order valence-electron chi connectivity index (χ0n) is 11.1. The van der Waals surface area contributed by atoms with Gasteiger partial charge >= 0.3 is 0 Å². The van der Waals surface area contributed by atoms with Crippen LogP contribution in [-0.2, 0) is 0 Å². The summed E-state index contributed by atoms with van der Waals surface area (Å²) in [7, 11) is 6.81. The number of rotatable bonds is 4. The van der Waals surface area contributed by atoms with Gasteiger partial charge in [0.2, 0.25) is 0 Å². The van der Waals surface area contributed by atoms with E-state index in [0.29, 0.717) is 11.6 Å². The summed E-state index contributed by atoms with van der Waals surface area (Å²) in [5.41, 5.74) is 0.666. The van der Waals surface area contributed by atoms with Gasteiger partial charge in [-0.3, -0.25) is 0 Å². The minimum Gasteiger partial charge on any atom is -0.497 e. The van der Waals surface area contributed by atoms with E-state index in [1.807, 2.05) is 24.3 Å². The van der Waals surface area contributed by atoms with Crippen molar-refractivity contribution in [2.24, 2.45) is 5.92 Å². The van der Waals surface area contributed by atoms with Gasteiger partial charge in [0.25, 0.3) is 0 Å². The number of hydrogen-bond donors (Lipinski definition) is 0. The summed E-state index contributed by atoms with van der Waals surface area (Å²) < 4.78 is 11.0. The van der Waals surface area contributed by atoms with Crippen molar-refractivity contribution in [1.82, 2.24) is 4.90 Å². The highest BCUT2D eigenvalue weighted by atomic mass is 31.0. The summed E-state index contributed by atoms with van der Waals surface area (Å²) in [4.78, 5) is 2.38. The molecule has 1 aromatic carbocycles. The molecule has 100 valence electrons. The molecule has 3 atom stereocenters. The van der Waals surface area contributed by atoms with E-state index in [1.54, 1.807) is 7.11 Å². The van der Waals surface area contributed by atoms with E-state index in [4.69, 9.17) is 9.47 Å². The number of methoxy groups -OCH3 is 1. The number of likely N-dealkylation sites (tertiary alicyclic amines) is 1. The summed E-state index contributed by atoms with van der Waals surface area (Å²) in [6.07, 6.45) is 1.23. The number of hydrogen-bond acceptors (Lipinski definition) is 3. The van der Waals surface area contributed by atoms with Gasteiger partial charge in [-0.15, -0.1) is 9.24 Å². The topological polar surface area (TPSA) is 21.7 Å². The molecule has 0 aromatic heterocycles. The Morgan fingerprint density at radius 3 is 2.61 bits per heavy atom. The van der Waals surface area contributed by atoms with Crippen molar-refractivity contribution < 1.29 is 9.47 Å². The fourth-order valence-electron chi connectivity index (χ4n) is 2.28. The molecule has 0 aliphatic carbocycles. The molecule has 0 spiro atoms. The molecule has 3 nitrogen and oxygen atoms in total. The van der Waals surface area contributed by atoms with Gasteiger partial charge < -0.3 is 14.4 Å². The van der Waals surface area contributed by atoms with E-state index in [1.165, 1.54) is 13.0 Å². The van der Waals surface area contributed by atoms with E-state index in [2.05, 4.69) is 21.2 Å². The van der Waals surface area contributed by atoms with Gasteiger partial charge in [0, 0.05) is 12.5 Å². The summed E-state index contributed by atoms with van der Waals surface area (Å²) in [6, 6.07) is 7.79. The minimum atomic E-state index is 0.593. The largest absolute Gasteiger partial charge is 0.497 e. The lowest BCUT2D eigenvalue weighted by molar-refractivity contribution is 0.155. The Morgan fingerprint density at radius 1 is 1.28 bits per heavy atom. The lowest BCUT2D eigenvalue weighted by Crippen LogP contribution is -2.41. The summed E-state index contributed by atoms with van der Waals surface area (Å²) in [6.45, 7) is 3.09. The molecule has 1 aliphatic heterocycles. The van der Waals surface area contributed by atoms with E-state index >= 15 is 0 Å². The third-order valence-electron chi connectivity index (χ3n) is 3.52. The van der Waals surface area contributed by atoms with Crippen LogP contribution < -0.4 is 9.47 Å². The zero-order chi connectivity index (χ0) is 13.0. The number of piperidine rings is 1. The first-order valence-corrected chi connectivity index (χ1v) is 7.06. The highest BCUT2D eigenvalue weighted by Gasteiger charge is 2.24. The Bertz CT molecular complexity index is 369. The Balaban J connectivity index is 1.86. The SMILES string of the molecule is COc1ccc(OCC2CN(C)CC[C@@H]2P)cc1. The average Bonchev–Trinajstić information content (AvgIpc) is 2.40. The zero-order valence-corrected chi connectivity index (χ0v) is 12.3. The lowest BCUT2D eigenvalue weighted by Gasteiger charge is -2.34. The summed E-state index contributed by atoms with van der Waals surface area (Å²) in [5, 5.41) is 0. The molecule has 1 heterocycles. The minimum absolute atomic E-state index is 0.593. The van der Waals surface area contributed by atoms with Crippen molar-refractivity contribution in [3.05, 3.63) is 24.3 Å². The van der Waals surface area contributed by atoms with Gasteiger partial charge in [-0.05, 0) is 49.9 Å². The molecular weight excluding hydrogens is 245 g/mol. The maximum Gasteiger partial charge on any atom is 0.119 e. The quantitative estimate of drug-likeness (QED) is 0.781. The first-order valence-electron chi connectivity index (χ1n) is 6.40. The summed E-state index contributed by atoms with van der Waals surface area (Å²) >= 11 is 0. The Morgan fingerprint density at radius 2 is 1.94 bits per heavy atom. The predicted octanol–water partition coefficient (Wildman–Crippen LogP) is 2.27. The lowest BCUT2D eigenvalue weighted by atomic mass is 9.99. The van der Waals surface area contributed by atoms with Crippen LogP contribution in [-0.4, -0.2) is 44.4 Å². The molecule has 1 aromatic rings. The Labute approximate surface area is 112 Å². The number of nitrogens with zero attached hydrogens (tertiary/aromatic N) is 1. The van der Waals surface area contributed by atoms with Crippen LogP contribution in [0.15, 0.2) is 24.3 Å². The molecule has 0 saturated carbocycles. The molecule has 1 aliphatic rings. The molecule has 0 amide bonds. The molecule has 0 N–H and O–H groups in total. The first-order chi connectivity index (χ1) is 8.69. The van der Waals surface area contributed by atoms with Crippen molar-refractivity contribution >= 4 is 9.24 Å². The van der Waals surface area contributed by atoms with Gasteiger partial charge in [0.1, 0.15) is 11.5 Å². The van der Waals surface area contributed by atoms with Crippen LogP contribution in [0.1, 0.15) is 6.42 Å². The van der Waals surface area contributed by atoms with Crippen LogP contribution >= 0.6 is 9.24 Å². The first kappa shape index (κ1) is 13.6. The molecule has 18 heavy (non-hydrogen) atoms. The van der Waals surface area contributed by atoms with Crippen molar-refractivity contribution in [2.45, 2.75) is 12.1 Å². The van der Waals surface area contributed by atoms with Gasteiger partial charge in [0.05, 0.1) is 13.7 Å². The highest BCUT2D eigenvalue weighted by molar-refractivity contribution is 7.17. The second kappa shape index (κ2) is 6.40. The molecule has 0 radical (unpaired) electrons. The molecule has 2 rings (SSSR count). The van der Waals surface area contributed by atoms with Crippen LogP contribution in [0.25, 0.3) is 0 Å². The van der Waals surface area contributed by atoms with Crippen molar-refractivity contribution in [2.75, 3.05) is 33.9 Å². The fraction of sp³-hybridized carbons (Fsp3) is 0.571. The van der Waals surface area contributed by atoms with Crippen LogP contribution in [0.4, 0.5) is 0 Å². The van der Waals surface area contributed by atoms with Crippen LogP contribution in [0.2, 0.25) is 0 Å². The van der Waals surface area contributed by atoms with E-state index in [0.717, 1.165) is 24.7 Å². The molecule has 4 heteroatoms. The molecule has 1 fully saturated rings. The third kappa shape index (κ3) is 3.60. The standard InChI is InChI=1S/C14H22NO2P/c1-15-8-7-14(18)11(9-15)10-17-13-5-3-12(16-2)4-6-13/h3-6,11,14H,7-10,18H2,1-2H3/t11?,14-/m0/s1. The highest BCUT2D eigenvalue weighted by Crippen LogP contribution is 2.25. The number of benzene rings is 1. The normalized spacial score (nSPS) is 24.8. The van der Waals surface area contributed by atoms with Crippen LogP contribution in [0.5, 0.6) is 11.5 Å². The van der Waals surface area contributed by atoms with Crippen molar-refractivity contribution in [3.8, 4) is 11.5 Å². The fourth-order valence-corrected chi connectivity index (χ4v) is 2.67. The Kier molecular flexibility index (Phi) is 4.85. The Hall–Kier alpha value is -0.790. The van der Waals surface area contributed by atoms with Gasteiger partial charge in [0.15, 0.2) is 0 Å². The van der Waals surface area contributed by atoms with Crippen LogP contribution in [0, 0.1) is 5.92 Å². The summed E-state index contributed by atoms with van der Waals surface area (Å²) in [5.74, 6) is 2.38. The van der Waals surface area contributed by atoms with Gasteiger partial charge in [-0.1, -0.05) is 0 Å².